The lowest BCUT2D eigenvalue weighted by Gasteiger charge is -2.65. The second kappa shape index (κ2) is 4.24. The van der Waals surface area contributed by atoms with Gasteiger partial charge in [0.25, 0.3) is 0 Å². The number of carbonyl (C=O) groups excluding carboxylic acids is 1. The maximum atomic E-state index is 12.7. The molecule has 5 fully saturated rings. The molecular formula is C18H30N2O. The Morgan fingerprint density at radius 3 is 2.24 bits per heavy atom. The number of nitrogens with one attached hydrogen (secondary N) is 1. The van der Waals surface area contributed by atoms with Crippen LogP contribution in [0.15, 0.2) is 0 Å². The number of nitrogens with two attached hydrogens (primary N) is 1. The third-order valence-corrected chi connectivity index (χ3v) is 6.86. The highest BCUT2D eigenvalue weighted by Gasteiger charge is 2.60. The maximum absolute atomic E-state index is 12.7. The van der Waals surface area contributed by atoms with Crippen LogP contribution in [0.4, 0.5) is 0 Å². The van der Waals surface area contributed by atoms with Crippen molar-refractivity contribution in [1.29, 1.82) is 0 Å². The number of hydrogen-bond donors (Lipinski definition) is 2. The summed E-state index contributed by atoms with van der Waals surface area (Å²) in [5, 5.41) is 3.54. The van der Waals surface area contributed by atoms with Crippen molar-refractivity contribution in [3.63, 3.8) is 0 Å². The molecule has 0 radical (unpaired) electrons. The molecule has 0 saturated heterocycles. The van der Waals surface area contributed by atoms with Crippen LogP contribution in [0.5, 0.6) is 0 Å². The molecule has 0 aromatic heterocycles. The van der Waals surface area contributed by atoms with Gasteiger partial charge in [0.2, 0.25) is 5.91 Å². The summed E-state index contributed by atoms with van der Waals surface area (Å²) in [6, 6.07) is 0.243. The van der Waals surface area contributed by atoms with Gasteiger partial charge in [-0.05, 0) is 74.5 Å². The van der Waals surface area contributed by atoms with E-state index in [4.69, 9.17) is 5.73 Å². The predicted molar refractivity (Wildman–Crippen MR) is 83.6 cm³/mol. The average Bonchev–Trinajstić information content (AvgIpc) is 2.70. The van der Waals surface area contributed by atoms with Crippen LogP contribution >= 0.6 is 0 Å². The van der Waals surface area contributed by atoms with Crippen LogP contribution in [-0.4, -0.2) is 17.5 Å². The quantitative estimate of drug-likeness (QED) is 0.821. The van der Waals surface area contributed by atoms with Crippen molar-refractivity contribution in [3.8, 4) is 0 Å². The molecular weight excluding hydrogens is 260 g/mol. The van der Waals surface area contributed by atoms with Gasteiger partial charge in [0.05, 0.1) is 0 Å². The maximum Gasteiger partial charge on any atom is 0.223 e. The molecule has 4 unspecified atom stereocenters. The largest absolute Gasteiger partial charge is 0.350 e. The van der Waals surface area contributed by atoms with Crippen LogP contribution in [0, 0.1) is 22.7 Å². The summed E-state index contributed by atoms with van der Waals surface area (Å²) in [6.07, 6.45) is 10.7. The Hall–Kier alpha value is -0.570. The molecule has 3 heteroatoms. The van der Waals surface area contributed by atoms with Crippen molar-refractivity contribution in [2.75, 3.05) is 0 Å². The minimum Gasteiger partial charge on any atom is -0.350 e. The highest BCUT2D eigenvalue weighted by molar-refractivity contribution is 5.80. The van der Waals surface area contributed by atoms with E-state index >= 15 is 0 Å². The molecule has 0 heterocycles. The first-order valence-corrected chi connectivity index (χ1v) is 8.87. The Labute approximate surface area is 128 Å². The lowest BCUT2D eigenvalue weighted by Crippen LogP contribution is -2.65. The zero-order valence-corrected chi connectivity index (χ0v) is 13.6. The monoisotopic (exact) mass is 290 g/mol. The van der Waals surface area contributed by atoms with Crippen LogP contribution in [0.1, 0.15) is 71.6 Å². The fourth-order valence-corrected chi connectivity index (χ4v) is 7.21. The molecule has 0 aromatic rings. The Balaban J connectivity index is 1.53. The molecule has 5 rings (SSSR count). The molecule has 3 nitrogen and oxygen atoms in total. The molecule has 118 valence electrons. The first-order chi connectivity index (χ1) is 9.79. The van der Waals surface area contributed by atoms with E-state index in [1.165, 1.54) is 38.5 Å². The predicted octanol–water partition coefficient (Wildman–Crippen LogP) is 2.98. The zero-order chi connectivity index (χ0) is 14.9. The Bertz CT molecular complexity index is 456. The van der Waals surface area contributed by atoms with E-state index in [-0.39, 0.29) is 17.5 Å². The van der Waals surface area contributed by atoms with Crippen molar-refractivity contribution in [2.45, 2.75) is 83.2 Å². The van der Waals surface area contributed by atoms with Crippen LogP contribution < -0.4 is 11.1 Å². The summed E-state index contributed by atoms with van der Waals surface area (Å²) in [7, 11) is 0. The summed E-state index contributed by atoms with van der Waals surface area (Å²) >= 11 is 0. The summed E-state index contributed by atoms with van der Waals surface area (Å²) < 4.78 is 0. The lowest BCUT2D eigenvalue weighted by atomic mass is 9.42. The smallest absolute Gasteiger partial charge is 0.223 e. The normalized spacial score (nSPS) is 54.9. The highest BCUT2D eigenvalue weighted by Crippen LogP contribution is 2.66. The van der Waals surface area contributed by atoms with Gasteiger partial charge < -0.3 is 11.1 Å². The van der Waals surface area contributed by atoms with Gasteiger partial charge in [-0.1, -0.05) is 13.8 Å². The standard InChI is InChI=1S/C18H30N2O/c1-16-6-12-7-17(2,9-16)11-18(8-12,10-16)20-15(21)13-3-4-14(19)5-13/h12-14H,3-11,19H2,1-2H3,(H,20,21). The average molecular weight is 290 g/mol. The molecule has 3 N–H and O–H groups in total. The fraction of sp³-hybridized carbons (Fsp3) is 0.944. The zero-order valence-electron chi connectivity index (χ0n) is 13.6. The molecule has 0 aliphatic heterocycles. The minimum atomic E-state index is 0.104. The SMILES string of the molecule is CC12CC3CC(C)(C1)CC(NC(=O)C1CCC(N)C1)(C3)C2. The molecule has 21 heavy (non-hydrogen) atoms. The van der Waals surface area contributed by atoms with Gasteiger partial charge in [-0.3, -0.25) is 4.79 Å². The van der Waals surface area contributed by atoms with E-state index in [2.05, 4.69) is 19.2 Å². The van der Waals surface area contributed by atoms with Gasteiger partial charge in [0.15, 0.2) is 0 Å². The van der Waals surface area contributed by atoms with Gasteiger partial charge >= 0.3 is 0 Å². The molecule has 0 aromatic carbocycles. The fourth-order valence-electron chi connectivity index (χ4n) is 7.21. The molecule has 1 amide bonds. The number of carbonyl (C=O) groups is 1. The lowest BCUT2D eigenvalue weighted by molar-refractivity contribution is -0.142. The summed E-state index contributed by atoms with van der Waals surface area (Å²) in [5.41, 5.74) is 7.02. The molecule has 5 aliphatic rings. The third-order valence-electron chi connectivity index (χ3n) is 6.86. The van der Waals surface area contributed by atoms with Gasteiger partial charge in [-0.25, -0.2) is 0 Å². The van der Waals surface area contributed by atoms with Crippen LogP contribution in [0.2, 0.25) is 0 Å². The van der Waals surface area contributed by atoms with E-state index < -0.39 is 0 Å². The van der Waals surface area contributed by atoms with Crippen LogP contribution in [0.3, 0.4) is 0 Å². The number of hydrogen-bond acceptors (Lipinski definition) is 2. The first-order valence-electron chi connectivity index (χ1n) is 8.87. The minimum absolute atomic E-state index is 0.104. The first kappa shape index (κ1) is 14.0. The molecule has 5 aliphatic carbocycles. The number of rotatable bonds is 2. The highest BCUT2D eigenvalue weighted by atomic mass is 16.2. The van der Waals surface area contributed by atoms with E-state index in [0.29, 0.717) is 16.7 Å². The van der Waals surface area contributed by atoms with Crippen molar-refractivity contribution in [2.24, 2.45) is 28.4 Å². The summed E-state index contributed by atoms with van der Waals surface area (Å²) in [5.74, 6) is 1.31. The second-order valence-corrected chi connectivity index (χ2v) is 9.67. The molecule has 5 saturated carbocycles. The third kappa shape index (κ3) is 2.32. The Morgan fingerprint density at radius 2 is 1.71 bits per heavy atom. The molecule has 4 bridgehead atoms. The Kier molecular flexibility index (Phi) is 2.84. The van der Waals surface area contributed by atoms with Crippen LogP contribution in [0.25, 0.3) is 0 Å². The van der Waals surface area contributed by atoms with Crippen molar-refractivity contribution in [3.05, 3.63) is 0 Å². The van der Waals surface area contributed by atoms with Gasteiger partial charge in [0, 0.05) is 17.5 Å². The summed E-state index contributed by atoms with van der Waals surface area (Å²) in [6.45, 7) is 4.92. The molecule has 4 atom stereocenters. The van der Waals surface area contributed by atoms with E-state index in [0.717, 1.165) is 25.2 Å². The van der Waals surface area contributed by atoms with E-state index in [9.17, 15) is 4.79 Å². The van der Waals surface area contributed by atoms with E-state index in [1.807, 2.05) is 0 Å². The van der Waals surface area contributed by atoms with Crippen molar-refractivity contribution >= 4 is 5.91 Å². The van der Waals surface area contributed by atoms with Gasteiger partial charge in [-0.2, -0.15) is 0 Å². The van der Waals surface area contributed by atoms with Crippen molar-refractivity contribution < 1.29 is 4.79 Å². The topological polar surface area (TPSA) is 55.1 Å². The summed E-state index contributed by atoms with van der Waals surface area (Å²) in [4.78, 5) is 12.7. The number of amides is 1. The Morgan fingerprint density at radius 1 is 1.05 bits per heavy atom. The van der Waals surface area contributed by atoms with Crippen molar-refractivity contribution in [1.82, 2.24) is 5.32 Å². The van der Waals surface area contributed by atoms with Crippen LogP contribution in [-0.2, 0) is 4.79 Å². The van der Waals surface area contributed by atoms with E-state index in [1.54, 1.807) is 0 Å². The molecule has 0 spiro atoms. The van der Waals surface area contributed by atoms with Gasteiger partial charge in [0.1, 0.15) is 0 Å². The van der Waals surface area contributed by atoms with Gasteiger partial charge in [-0.15, -0.1) is 0 Å². The second-order valence-electron chi connectivity index (χ2n) is 9.67.